The Morgan fingerprint density at radius 2 is 1.74 bits per heavy atom. The highest BCUT2D eigenvalue weighted by atomic mass is 79.9. The number of benzene rings is 2. The second-order valence-electron chi connectivity index (χ2n) is 15.2. The van der Waals surface area contributed by atoms with Gasteiger partial charge in [0.1, 0.15) is 16.8 Å². The fraction of sp³-hybridized carbons (Fsp3) is 0.462. The van der Waals surface area contributed by atoms with E-state index in [4.69, 9.17) is 0 Å². The summed E-state index contributed by atoms with van der Waals surface area (Å²) in [7, 11) is 5.14. The number of anilines is 2. The molecule has 3 saturated heterocycles. The molecule has 3 fully saturated rings. The minimum absolute atomic E-state index is 0.0159. The molecule has 4 unspecified atom stereocenters. The number of piperidine rings is 1. The maximum Gasteiger partial charge on any atom is 0.282 e. The van der Waals surface area contributed by atoms with Crippen molar-refractivity contribution in [2.45, 2.75) is 50.1 Å². The highest BCUT2D eigenvalue weighted by Crippen LogP contribution is 2.42. The zero-order chi connectivity index (χ0) is 38.3. The normalized spacial score (nSPS) is 23.2. The van der Waals surface area contributed by atoms with Crippen LogP contribution in [0.5, 0.6) is 0 Å². The summed E-state index contributed by atoms with van der Waals surface area (Å²) in [5, 5.41) is 10.2. The number of rotatable bonds is 10. The van der Waals surface area contributed by atoms with E-state index in [0.29, 0.717) is 35.1 Å². The Bertz CT molecular complexity index is 2050. The van der Waals surface area contributed by atoms with Gasteiger partial charge in [-0.25, -0.2) is 4.68 Å². The molecule has 4 amide bonds. The molecule has 3 aromatic rings. The number of nitrogens with zero attached hydrogens (tertiary/aromatic N) is 6. The van der Waals surface area contributed by atoms with Gasteiger partial charge in [0, 0.05) is 82.5 Å². The molecule has 0 radical (unpaired) electrons. The molecular weight excluding hydrogens is 756 g/mol. The van der Waals surface area contributed by atoms with Crippen molar-refractivity contribution in [3.8, 4) is 0 Å². The fourth-order valence-corrected chi connectivity index (χ4v) is 9.14. The smallest absolute Gasteiger partial charge is 0.282 e. The standard InChI is InChI=1S/C39H45BrN8O6/c1-41-34(50)32(5-4-16-49)48-36(52)29-11-10-28(18-30(29)37(48)53)46-14-12-39(22-46)13-15-47(23-39)35(51)25-8-6-24(7-9-25)26-17-27(21-44(2)20-26)43-31-19-42-45(3)38(54)33(31)40/h6-11,16,18-19,26-27,32,43H,4-5,12-15,17,20-23H2,1-3H3,(H,41,50). The van der Waals surface area contributed by atoms with Gasteiger partial charge in [-0.2, -0.15) is 5.10 Å². The monoisotopic (exact) mass is 800 g/mol. The van der Waals surface area contributed by atoms with Gasteiger partial charge in [0.25, 0.3) is 23.3 Å². The van der Waals surface area contributed by atoms with E-state index in [1.165, 1.54) is 11.7 Å². The van der Waals surface area contributed by atoms with E-state index in [1.54, 1.807) is 25.4 Å². The molecule has 0 aliphatic carbocycles. The summed E-state index contributed by atoms with van der Waals surface area (Å²) in [5.41, 5.74) is 3.56. The van der Waals surface area contributed by atoms with E-state index in [0.717, 1.165) is 61.6 Å². The molecule has 15 heteroatoms. The first kappa shape index (κ1) is 37.4. The molecule has 54 heavy (non-hydrogen) atoms. The molecule has 1 spiro atoms. The molecule has 0 saturated carbocycles. The van der Waals surface area contributed by atoms with Crippen LogP contribution in [0.4, 0.5) is 11.4 Å². The van der Waals surface area contributed by atoms with E-state index >= 15 is 0 Å². The van der Waals surface area contributed by atoms with Crippen LogP contribution in [-0.2, 0) is 16.6 Å². The third-order valence-corrected chi connectivity index (χ3v) is 12.3. The maximum atomic E-state index is 13.8. The first-order chi connectivity index (χ1) is 25.9. The number of halogens is 1. The van der Waals surface area contributed by atoms with Crippen molar-refractivity contribution in [1.29, 1.82) is 0 Å². The number of likely N-dealkylation sites (N-methyl/N-ethyl adjacent to an activating group) is 2. The molecule has 14 nitrogen and oxygen atoms in total. The van der Waals surface area contributed by atoms with Crippen LogP contribution in [0.1, 0.15) is 74.7 Å². The van der Waals surface area contributed by atoms with Crippen molar-refractivity contribution in [1.82, 2.24) is 29.8 Å². The topological polar surface area (TPSA) is 157 Å². The SMILES string of the molecule is CNC(=O)C(CCC=O)N1C(=O)c2ccc(N3CCC4(CCN(C(=O)c5ccc(C6CC(Nc7cnn(C)c(=O)c7Br)CN(C)C6)cc5)C4)C3)cc2C1=O. The summed E-state index contributed by atoms with van der Waals surface area (Å²) >= 11 is 3.42. The summed E-state index contributed by atoms with van der Waals surface area (Å²) in [6, 6.07) is 12.3. The van der Waals surface area contributed by atoms with Crippen molar-refractivity contribution < 1.29 is 24.0 Å². The second kappa shape index (κ2) is 15.1. The number of carbonyl (C=O) groups excluding carboxylic acids is 5. The Hall–Kier alpha value is -4.89. The molecule has 2 N–H and O–H groups in total. The van der Waals surface area contributed by atoms with Gasteiger partial charge < -0.3 is 30.1 Å². The predicted octanol–water partition coefficient (Wildman–Crippen LogP) is 2.87. The summed E-state index contributed by atoms with van der Waals surface area (Å²) in [5.74, 6) is -1.30. The summed E-state index contributed by atoms with van der Waals surface area (Å²) in [6.45, 7) is 4.48. The summed E-state index contributed by atoms with van der Waals surface area (Å²) in [4.78, 5) is 83.9. The molecule has 4 aliphatic heterocycles. The predicted molar refractivity (Wildman–Crippen MR) is 206 cm³/mol. The van der Waals surface area contributed by atoms with Gasteiger partial charge in [-0.3, -0.25) is 28.9 Å². The quantitative estimate of drug-likeness (QED) is 0.231. The third kappa shape index (κ3) is 7.06. The van der Waals surface area contributed by atoms with Crippen LogP contribution in [0.25, 0.3) is 0 Å². The maximum absolute atomic E-state index is 13.8. The molecular formula is C39H45BrN8O6. The Morgan fingerprint density at radius 1 is 1.00 bits per heavy atom. The van der Waals surface area contributed by atoms with Crippen LogP contribution in [0.3, 0.4) is 0 Å². The van der Waals surface area contributed by atoms with Crippen molar-refractivity contribution in [3.63, 3.8) is 0 Å². The number of likely N-dealkylation sites (tertiary alicyclic amines) is 2. The van der Waals surface area contributed by atoms with Crippen LogP contribution in [-0.4, -0.2) is 120 Å². The number of amides is 4. The van der Waals surface area contributed by atoms with E-state index in [1.807, 2.05) is 23.1 Å². The minimum Gasteiger partial charge on any atom is -0.379 e. The Kier molecular flexibility index (Phi) is 10.5. The lowest BCUT2D eigenvalue weighted by atomic mass is 9.86. The average molecular weight is 802 g/mol. The lowest BCUT2D eigenvalue weighted by Gasteiger charge is -2.37. The number of aldehydes is 1. The van der Waals surface area contributed by atoms with Crippen molar-refractivity contribution >= 4 is 57.2 Å². The van der Waals surface area contributed by atoms with E-state index < -0.39 is 23.8 Å². The van der Waals surface area contributed by atoms with Crippen molar-refractivity contribution in [2.24, 2.45) is 12.5 Å². The van der Waals surface area contributed by atoms with E-state index in [9.17, 15) is 28.8 Å². The zero-order valence-electron chi connectivity index (χ0n) is 30.7. The van der Waals surface area contributed by atoms with Crippen LogP contribution < -0.4 is 21.1 Å². The van der Waals surface area contributed by atoms with E-state index in [-0.39, 0.29) is 52.8 Å². The highest BCUT2D eigenvalue weighted by Gasteiger charge is 2.46. The molecule has 1 aromatic heterocycles. The van der Waals surface area contributed by atoms with Gasteiger partial charge in [0.15, 0.2) is 0 Å². The number of hydrogen-bond donors (Lipinski definition) is 2. The number of fused-ring (bicyclic) bond motifs is 1. The largest absolute Gasteiger partial charge is 0.379 e. The second-order valence-corrected chi connectivity index (χ2v) is 15.9. The number of aryl methyl sites for hydroxylation is 1. The first-order valence-electron chi connectivity index (χ1n) is 18.4. The van der Waals surface area contributed by atoms with Gasteiger partial charge in [0.05, 0.1) is 23.0 Å². The third-order valence-electron chi connectivity index (χ3n) is 11.5. The lowest BCUT2D eigenvalue weighted by Crippen LogP contribution is -2.48. The zero-order valence-corrected chi connectivity index (χ0v) is 32.3. The summed E-state index contributed by atoms with van der Waals surface area (Å²) < 4.78 is 1.76. The Morgan fingerprint density at radius 3 is 2.48 bits per heavy atom. The molecule has 284 valence electrons. The van der Waals surface area contributed by atoms with Crippen LogP contribution in [0, 0.1) is 5.41 Å². The molecule has 0 bridgehead atoms. The van der Waals surface area contributed by atoms with Gasteiger partial charge in [0.2, 0.25) is 5.91 Å². The van der Waals surface area contributed by atoms with Crippen LogP contribution in [0.2, 0.25) is 0 Å². The Labute approximate surface area is 322 Å². The van der Waals surface area contributed by atoms with Gasteiger partial charge >= 0.3 is 0 Å². The highest BCUT2D eigenvalue weighted by molar-refractivity contribution is 9.10. The molecule has 2 aromatic carbocycles. The van der Waals surface area contributed by atoms with Gasteiger partial charge in [-0.1, -0.05) is 12.1 Å². The van der Waals surface area contributed by atoms with Crippen LogP contribution in [0.15, 0.2) is 57.9 Å². The molecule has 4 atom stereocenters. The Balaban J connectivity index is 0.977. The van der Waals surface area contributed by atoms with Gasteiger partial charge in [-0.05, 0) is 90.5 Å². The number of nitrogens with one attached hydrogen (secondary N) is 2. The average Bonchev–Trinajstić information content (AvgIpc) is 3.87. The lowest BCUT2D eigenvalue weighted by molar-refractivity contribution is -0.124. The first-order valence-corrected chi connectivity index (χ1v) is 19.2. The number of carbonyl (C=O) groups is 5. The van der Waals surface area contributed by atoms with Crippen molar-refractivity contribution in [3.05, 3.63) is 85.7 Å². The number of imide groups is 1. The molecule has 4 aliphatic rings. The van der Waals surface area contributed by atoms with Crippen LogP contribution >= 0.6 is 15.9 Å². The van der Waals surface area contributed by atoms with E-state index in [2.05, 4.69) is 60.6 Å². The molecule has 5 heterocycles. The minimum atomic E-state index is -1.06. The van der Waals surface area contributed by atoms with Crippen molar-refractivity contribution in [2.75, 3.05) is 63.6 Å². The summed E-state index contributed by atoms with van der Waals surface area (Å²) in [6.07, 6.45) is 5.08. The fourth-order valence-electron chi connectivity index (χ4n) is 8.67. The molecule has 7 rings (SSSR count). The number of hydrogen-bond acceptors (Lipinski definition) is 10. The number of aromatic nitrogens is 2. The van der Waals surface area contributed by atoms with Gasteiger partial charge in [-0.15, -0.1) is 0 Å².